The molecule has 0 radical (unpaired) electrons. The van der Waals surface area contributed by atoms with Gasteiger partial charge in [-0.25, -0.2) is 13.2 Å². The van der Waals surface area contributed by atoms with Gasteiger partial charge in [0.15, 0.2) is 11.6 Å². The van der Waals surface area contributed by atoms with Crippen molar-refractivity contribution >= 4 is 11.8 Å². The molecule has 0 spiro atoms. The Morgan fingerprint density at radius 3 is 2.61 bits per heavy atom. The molecule has 1 aliphatic rings. The highest BCUT2D eigenvalue weighted by Gasteiger charge is 2.39. The topological polar surface area (TPSA) is 49.4 Å². The highest BCUT2D eigenvalue weighted by atomic mass is 19.2. The number of nitrogens with zero attached hydrogens (tertiary/aromatic N) is 1. The molecule has 28 heavy (non-hydrogen) atoms. The molecule has 2 amide bonds. The van der Waals surface area contributed by atoms with Crippen LogP contribution in [0.2, 0.25) is 0 Å². The molecule has 1 saturated heterocycles. The summed E-state index contributed by atoms with van der Waals surface area (Å²) >= 11 is 0. The molecule has 1 heterocycles. The zero-order valence-corrected chi connectivity index (χ0v) is 15.5. The number of amides is 2. The van der Waals surface area contributed by atoms with E-state index in [9.17, 15) is 22.8 Å². The Bertz CT molecular complexity index is 903. The number of carbonyl (C=O) groups excluding carboxylic acids is 2. The minimum Gasteiger partial charge on any atom is -0.351 e. The minimum atomic E-state index is -1.08. The molecule has 7 heteroatoms. The SMILES string of the molecule is C[C@@]1(C(=O)NCc2cccc(F)c2)CCCN(C(=O)c2ccc(F)c(F)c2)C1. The molecule has 148 valence electrons. The summed E-state index contributed by atoms with van der Waals surface area (Å²) in [6, 6.07) is 8.98. The molecule has 1 aliphatic heterocycles. The smallest absolute Gasteiger partial charge is 0.253 e. The molecule has 0 aliphatic carbocycles. The van der Waals surface area contributed by atoms with E-state index >= 15 is 0 Å². The van der Waals surface area contributed by atoms with Crippen molar-refractivity contribution in [1.82, 2.24) is 10.2 Å². The van der Waals surface area contributed by atoms with E-state index < -0.39 is 23.0 Å². The van der Waals surface area contributed by atoms with Crippen LogP contribution >= 0.6 is 0 Å². The summed E-state index contributed by atoms with van der Waals surface area (Å²) in [6.45, 7) is 2.55. The second kappa shape index (κ2) is 8.04. The first-order valence-corrected chi connectivity index (χ1v) is 9.05. The second-order valence-electron chi connectivity index (χ2n) is 7.33. The summed E-state index contributed by atoms with van der Waals surface area (Å²) in [5.41, 5.74) is -0.134. The van der Waals surface area contributed by atoms with Gasteiger partial charge in [0.05, 0.1) is 5.41 Å². The van der Waals surface area contributed by atoms with Crippen molar-refractivity contribution in [2.75, 3.05) is 13.1 Å². The van der Waals surface area contributed by atoms with Crippen molar-refractivity contribution in [1.29, 1.82) is 0 Å². The van der Waals surface area contributed by atoms with Crippen molar-refractivity contribution < 1.29 is 22.8 Å². The molecule has 0 saturated carbocycles. The van der Waals surface area contributed by atoms with Gasteiger partial charge in [0.2, 0.25) is 5.91 Å². The summed E-state index contributed by atoms with van der Waals surface area (Å²) in [5.74, 6) is -3.16. The number of carbonyl (C=O) groups is 2. The molecule has 4 nitrogen and oxygen atoms in total. The maximum atomic E-state index is 13.4. The van der Waals surface area contributed by atoms with Gasteiger partial charge in [0.1, 0.15) is 5.82 Å². The van der Waals surface area contributed by atoms with E-state index in [1.165, 1.54) is 23.1 Å². The molecular weight excluding hydrogens is 369 g/mol. The van der Waals surface area contributed by atoms with Gasteiger partial charge in [0.25, 0.3) is 5.91 Å². The molecule has 2 aromatic rings. The van der Waals surface area contributed by atoms with E-state index in [1.54, 1.807) is 19.1 Å². The van der Waals surface area contributed by atoms with E-state index in [0.29, 0.717) is 24.9 Å². The highest BCUT2D eigenvalue weighted by Crippen LogP contribution is 2.31. The van der Waals surface area contributed by atoms with Crippen LogP contribution in [0.15, 0.2) is 42.5 Å². The molecule has 0 unspecified atom stereocenters. The van der Waals surface area contributed by atoms with Crippen molar-refractivity contribution in [3.63, 3.8) is 0 Å². The highest BCUT2D eigenvalue weighted by molar-refractivity contribution is 5.95. The Kier molecular flexibility index (Phi) is 5.72. The van der Waals surface area contributed by atoms with E-state index in [-0.39, 0.29) is 30.4 Å². The molecule has 2 aromatic carbocycles. The number of likely N-dealkylation sites (tertiary alicyclic amines) is 1. The fourth-order valence-corrected chi connectivity index (χ4v) is 3.45. The average Bonchev–Trinajstić information content (AvgIpc) is 2.67. The number of piperidine rings is 1. The van der Waals surface area contributed by atoms with Crippen molar-refractivity contribution in [2.45, 2.75) is 26.3 Å². The Hall–Kier alpha value is -2.83. The van der Waals surface area contributed by atoms with Gasteiger partial charge in [-0.3, -0.25) is 9.59 Å². The summed E-state index contributed by atoms with van der Waals surface area (Å²) in [4.78, 5) is 26.9. The Balaban J connectivity index is 1.67. The molecule has 1 N–H and O–H groups in total. The van der Waals surface area contributed by atoms with Crippen LogP contribution in [0.4, 0.5) is 13.2 Å². The first kappa shape index (κ1) is 19.9. The summed E-state index contributed by atoms with van der Waals surface area (Å²) < 4.78 is 39.8. The van der Waals surface area contributed by atoms with E-state index in [1.807, 2.05) is 0 Å². The fourth-order valence-electron chi connectivity index (χ4n) is 3.45. The van der Waals surface area contributed by atoms with Gasteiger partial charge in [-0.05, 0) is 55.7 Å². The molecule has 0 bridgehead atoms. The molecule has 0 aromatic heterocycles. The minimum absolute atomic E-state index is 0.0447. The van der Waals surface area contributed by atoms with Gasteiger partial charge >= 0.3 is 0 Å². The molecule has 1 atom stereocenters. The number of rotatable bonds is 4. The van der Waals surface area contributed by atoms with Gasteiger partial charge in [-0.1, -0.05) is 12.1 Å². The van der Waals surface area contributed by atoms with Crippen LogP contribution < -0.4 is 5.32 Å². The third-order valence-corrected chi connectivity index (χ3v) is 5.04. The lowest BCUT2D eigenvalue weighted by atomic mass is 9.80. The number of halogens is 3. The number of hydrogen-bond acceptors (Lipinski definition) is 2. The van der Waals surface area contributed by atoms with Crippen LogP contribution in [0.1, 0.15) is 35.7 Å². The van der Waals surface area contributed by atoms with Crippen molar-refractivity contribution in [3.8, 4) is 0 Å². The molecule has 1 fully saturated rings. The van der Waals surface area contributed by atoms with Gasteiger partial charge < -0.3 is 10.2 Å². The number of hydrogen-bond donors (Lipinski definition) is 1. The fraction of sp³-hybridized carbons (Fsp3) is 0.333. The van der Waals surface area contributed by atoms with Crippen molar-refractivity contribution in [2.24, 2.45) is 5.41 Å². The standard InChI is InChI=1S/C21H21F3N2O2/c1-21(20(28)25-12-14-4-2-5-16(22)10-14)8-3-9-26(13-21)19(27)15-6-7-17(23)18(24)11-15/h2,4-7,10-11H,3,8-9,12-13H2,1H3,(H,25,28)/t21-/m1/s1. The van der Waals surface area contributed by atoms with Crippen LogP contribution in [-0.2, 0) is 11.3 Å². The summed E-state index contributed by atoms with van der Waals surface area (Å²) in [7, 11) is 0. The van der Waals surface area contributed by atoms with Crippen LogP contribution in [0.3, 0.4) is 0 Å². The van der Waals surface area contributed by atoms with Crippen LogP contribution in [-0.4, -0.2) is 29.8 Å². The Morgan fingerprint density at radius 1 is 1.11 bits per heavy atom. The predicted octanol–water partition coefficient (Wildman–Crippen LogP) is 3.66. The van der Waals surface area contributed by atoms with Crippen LogP contribution in [0, 0.1) is 22.9 Å². The monoisotopic (exact) mass is 390 g/mol. The van der Waals surface area contributed by atoms with E-state index in [4.69, 9.17) is 0 Å². The molecular formula is C21H21F3N2O2. The number of nitrogens with one attached hydrogen (secondary N) is 1. The second-order valence-corrected chi connectivity index (χ2v) is 7.33. The van der Waals surface area contributed by atoms with Gasteiger partial charge in [-0.2, -0.15) is 0 Å². The zero-order chi connectivity index (χ0) is 20.3. The zero-order valence-electron chi connectivity index (χ0n) is 15.5. The van der Waals surface area contributed by atoms with Crippen LogP contribution in [0.5, 0.6) is 0 Å². The summed E-state index contributed by atoms with van der Waals surface area (Å²) in [5, 5.41) is 2.80. The average molecular weight is 390 g/mol. The maximum Gasteiger partial charge on any atom is 0.253 e. The summed E-state index contributed by atoms with van der Waals surface area (Å²) in [6.07, 6.45) is 1.20. The van der Waals surface area contributed by atoms with Gasteiger partial charge in [0, 0.05) is 25.2 Å². The maximum absolute atomic E-state index is 13.4. The largest absolute Gasteiger partial charge is 0.351 e. The number of benzene rings is 2. The van der Waals surface area contributed by atoms with Crippen LogP contribution in [0.25, 0.3) is 0 Å². The quantitative estimate of drug-likeness (QED) is 0.866. The first-order valence-electron chi connectivity index (χ1n) is 9.05. The third-order valence-electron chi connectivity index (χ3n) is 5.04. The third kappa shape index (κ3) is 4.35. The van der Waals surface area contributed by atoms with Gasteiger partial charge in [-0.15, -0.1) is 0 Å². The Morgan fingerprint density at radius 2 is 1.89 bits per heavy atom. The first-order chi connectivity index (χ1) is 13.3. The normalized spacial score (nSPS) is 19.4. The predicted molar refractivity (Wildman–Crippen MR) is 97.8 cm³/mol. The van der Waals surface area contributed by atoms with E-state index in [0.717, 1.165) is 12.1 Å². The lowest BCUT2D eigenvalue weighted by Crippen LogP contribution is -2.51. The van der Waals surface area contributed by atoms with E-state index in [2.05, 4.69) is 5.32 Å². The lowest BCUT2D eigenvalue weighted by Gasteiger charge is -2.39. The van der Waals surface area contributed by atoms with Crippen molar-refractivity contribution in [3.05, 3.63) is 71.0 Å². The Labute approximate surface area is 161 Å². The molecule has 3 rings (SSSR count). The lowest BCUT2D eigenvalue weighted by molar-refractivity contribution is -0.132.